The summed E-state index contributed by atoms with van der Waals surface area (Å²) in [4.78, 5) is 9.04. The first-order valence-corrected chi connectivity index (χ1v) is 7.79. The zero-order valence-corrected chi connectivity index (χ0v) is 13.3. The molecule has 0 atom stereocenters. The van der Waals surface area contributed by atoms with Crippen molar-refractivity contribution in [1.29, 1.82) is 0 Å². The average Bonchev–Trinajstić information content (AvgIpc) is 2.72. The third kappa shape index (κ3) is 3.96. The van der Waals surface area contributed by atoms with Crippen LogP contribution in [0.2, 0.25) is 0 Å². The van der Waals surface area contributed by atoms with Crippen molar-refractivity contribution in [3.8, 4) is 0 Å². The predicted octanol–water partition coefficient (Wildman–Crippen LogP) is 2.94. The molecule has 0 saturated heterocycles. The van der Waals surface area contributed by atoms with Gasteiger partial charge in [-0.15, -0.1) is 0 Å². The molecule has 0 radical (unpaired) electrons. The fourth-order valence-corrected chi connectivity index (χ4v) is 2.79. The van der Waals surface area contributed by atoms with Crippen LogP contribution in [0.3, 0.4) is 0 Å². The summed E-state index contributed by atoms with van der Waals surface area (Å²) in [5.74, 6) is 2.52. The van der Waals surface area contributed by atoms with Gasteiger partial charge >= 0.3 is 0 Å². The van der Waals surface area contributed by atoms with Gasteiger partial charge in [0.1, 0.15) is 11.6 Å². The second kappa shape index (κ2) is 6.74. The number of thioether (sulfide) groups is 1. The molecule has 0 aliphatic heterocycles. The van der Waals surface area contributed by atoms with Gasteiger partial charge in [0.25, 0.3) is 0 Å². The van der Waals surface area contributed by atoms with Crippen molar-refractivity contribution in [2.75, 3.05) is 11.9 Å². The van der Waals surface area contributed by atoms with Gasteiger partial charge in [0.05, 0.1) is 16.5 Å². The Morgan fingerprint density at radius 3 is 2.65 bits per heavy atom. The predicted molar refractivity (Wildman–Crippen MR) is 83.1 cm³/mol. The number of aryl methyl sites for hydroxylation is 3. The molecule has 0 unspecified atom stereocenters. The number of nitrogens with one attached hydrogen (secondary N) is 1. The summed E-state index contributed by atoms with van der Waals surface area (Å²) in [5, 5.41) is 8.79. The smallest absolute Gasteiger partial charge is 0.141 e. The molecule has 0 aliphatic carbocycles. The largest absolute Gasteiger partial charge is 0.370 e. The molecule has 0 bridgehead atoms. The molecule has 0 aromatic carbocycles. The third-order valence-corrected chi connectivity index (χ3v) is 3.85. The van der Waals surface area contributed by atoms with Crippen molar-refractivity contribution in [2.24, 2.45) is 7.05 Å². The van der Waals surface area contributed by atoms with Crippen LogP contribution in [0.1, 0.15) is 30.6 Å². The summed E-state index contributed by atoms with van der Waals surface area (Å²) in [6, 6.07) is 4.06. The fourth-order valence-electron chi connectivity index (χ4n) is 1.90. The van der Waals surface area contributed by atoms with E-state index in [9.17, 15) is 0 Å². The van der Waals surface area contributed by atoms with Crippen LogP contribution in [0.15, 0.2) is 17.2 Å². The second-order valence-electron chi connectivity index (χ2n) is 4.77. The highest BCUT2D eigenvalue weighted by Crippen LogP contribution is 2.22. The van der Waals surface area contributed by atoms with E-state index in [4.69, 9.17) is 0 Å². The molecule has 2 aromatic rings. The maximum atomic E-state index is 4.55. The number of rotatable bonds is 6. The molecular formula is C14H21N5S. The molecule has 2 aromatic heterocycles. The summed E-state index contributed by atoms with van der Waals surface area (Å²) in [5.41, 5.74) is 2.03. The van der Waals surface area contributed by atoms with E-state index in [1.165, 1.54) is 0 Å². The summed E-state index contributed by atoms with van der Waals surface area (Å²) in [6.45, 7) is 7.08. The van der Waals surface area contributed by atoms with Gasteiger partial charge in [-0.1, -0.05) is 18.7 Å². The Morgan fingerprint density at radius 2 is 2.00 bits per heavy atom. The molecule has 108 valence electrons. The van der Waals surface area contributed by atoms with E-state index in [1.54, 1.807) is 11.8 Å². The Hall–Kier alpha value is -1.56. The minimum atomic E-state index is 0.751. The van der Waals surface area contributed by atoms with E-state index in [0.29, 0.717) is 0 Å². The van der Waals surface area contributed by atoms with Gasteiger partial charge in [-0.05, 0) is 26.3 Å². The minimum absolute atomic E-state index is 0.751. The summed E-state index contributed by atoms with van der Waals surface area (Å²) < 4.78 is 1.89. The summed E-state index contributed by atoms with van der Waals surface area (Å²) in [6.07, 6.45) is 1.08. The van der Waals surface area contributed by atoms with Gasteiger partial charge in [0.15, 0.2) is 0 Å². The lowest BCUT2D eigenvalue weighted by molar-refractivity contribution is 0.692. The first kappa shape index (κ1) is 14.8. The van der Waals surface area contributed by atoms with E-state index < -0.39 is 0 Å². The lowest BCUT2D eigenvalue weighted by Crippen LogP contribution is -2.05. The summed E-state index contributed by atoms with van der Waals surface area (Å²) >= 11 is 1.71. The van der Waals surface area contributed by atoms with E-state index in [-0.39, 0.29) is 0 Å². The maximum Gasteiger partial charge on any atom is 0.141 e. The van der Waals surface area contributed by atoms with Crippen LogP contribution in [0, 0.1) is 13.8 Å². The monoisotopic (exact) mass is 291 g/mol. The highest BCUT2D eigenvalue weighted by molar-refractivity contribution is 7.98. The van der Waals surface area contributed by atoms with Crippen LogP contribution in [0.25, 0.3) is 0 Å². The molecule has 2 rings (SSSR count). The van der Waals surface area contributed by atoms with Crippen molar-refractivity contribution >= 4 is 17.6 Å². The van der Waals surface area contributed by atoms with Gasteiger partial charge in [-0.2, -0.15) is 5.10 Å². The Morgan fingerprint density at radius 1 is 1.20 bits per heavy atom. The SMILES string of the molecule is CCCNc1cc(C)nc(CSc2cc(C)nn2C)n1. The van der Waals surface area contributed by atoms with Crippen LogP contribution in [-0.4, -0.2) is 26.3 Å². The highest BCUT2D eigenvalue weighted by atomic mass is 32.2. The average molecular weight is 291 g/mol. The highest BCUT2D eigenvalue weighted by Gasteiger charge is 2.06. The maximum absolute atomic E-state index is 4.55. The lowest BCUT2D eigenvalue weighted by atomic mass is 10.4. The van der Waals surface area contributed by atoms with Gasteiger partial charge in [0.2, 0.25) is 0 Å². The van der Waals surface area contributed by atoms with Crippen LogP contribution in [0.4, 0.5) is 5.82 Å². The van der Waals surface area contributed by atoms with Crippen molar-refractivity contribution in [3.63, 3.8) is 0 Å². The van der Waals surface area contributed by atoms with E-state index >= 15 is 0 Å². The third-order valence-electron chi connectivity index (χ3n) is 2.76. The van der Waals surface area contributed by atoms with Crippen LogP contribution in [0.5, 0.6) is 0 Å². The van der Waals surface area contributed by atoms with Crippen molar-refractivity contribution in [2.45, 2.75) is 38.0 Å². The van der Waals surface area contributed by atoms with E-state index in [1.807, 2.05) is 31.6 Å². The molecule has 0 saturated carbocycles. The number of hydrogen-bond acceptors (Lipinski definition) is 5. The summed E-state index contributed by atoms with van der Waals surface area (Å²) in [7, 11) is 1.96. The zero-order valence-electron chi connectivity index (χ0n) is 12.5. The van der Waals surface area contributed by atoms with Gasteiger partial charge < -0.3 is 5.32 Å². The molecule has 1 N–H and O–H groups in total. The van der Waals surface area contributed by atoms with E-state index in [2.05, 4.69) is 33.4 Å². The number of hydrogen-bond donors (Lipinski definition) is 1. The Kier molecular flexibility index (Phi) is 5.00. The first-order valence-electron chi connectivity index (χ1n) is 6.80. The van der Waals surface area contributed by atoms with Gasteiger partial charge in [-0.3, -0.25) is 4.68 Å². The second-order valence-corrected chi connectivity index (χ2v) is 5.77. The quantitative estimate of drug-likeness (QED) is 0.829. The molecule has 5 nitrogen and oxygen atoms in total. The molecule has 20 heavy (non-hydrogen) atoms. The van der Waals surface area contributed by atoms with Crippen LogP contribution in [-0.2, 0) is 12.8 Å². The Bertz CT molecular complexity index is 579. The minimum Gasteiger partial charge on any atom is -0.370 e. The van der Waals surface area contributed by atoms with Gasteiger partial charge in [-0.25, -0.2) is 9.97 Å². The van der Waals surface area contributed by atoms with Gasteiger partial charge in [0, 0.05) is 25.4 Å². The van der Waals surface area contributed by atoms with Crippen molar-refractivity contribution < 1.29 is 0 Å². The number of anilines is 1. The van der Waals surface area contributed by atoms with Crippen molar-refractivity contribution in [3.05, 3.63) is 29.3 Å². The fraction of sp³-hybridized carbons (Fsp3) is 0.500. The number of nitrogens with zero attached hydrogens (tertiary/aromatic N) is 4. The molecule has 6 heteroatoms. The normalized spacial score (nSPS) is 10.8. The Labute approximate surface area is 124 Å². The first-order chi connectivity index (χ1) is 9.58. The molecule has 0 aliphatic rings. The molecule has 0 amide bonds. The number of aromatic nitrogens is 4. The molecule has 0 fully saturated rings. The molecular weight excluding hydrogens is 270 g/mol. The van der Waals surface area contributed by atoms with Crippen LogP contribution < -0.4 is 5.32 Å². The molecule has 0 spiro atoms. The van der Waals surface area contributed by atoms with Crippen molar-refractivity contribution in [1.82, 2.24) is 19.7 Å². The standard InChI is InChI=1S/C14H21N5S/c1-5-6-15-12-7-10(2)16-13(17-12)9-20-14-8-11(3)18-19(14)4/h7-8H,5-6,9H2,1-4H3,(H,15,16,17). The van der Waals surface area contributed by atoms with Crippen LogP contribution >= 0.6 is 11.8 Å². The molecule has 2 heterocycles. The Balaban J connectivity index is 2.05. The van der Waals surface area contributed by atoms with E-state index in [0.717, 1.165) is 46.8 Å². The zero-order chi connectivity index (χ0) is 14.5. The lowest BCUT2D eigenvalue weighted by Gasteiger charge is -2.07. The topological polar surface area (TPSA) is 55.6 Å².